The van der Waals surface area contributed by atoms with Crippen LogP contribution in [0.3, 0.4) is 0 Å². The maximum atomic E-state index is 11.9. The van der Waals surface area contributed by atoms with Crippen LogP contribution in [0.5, 0.6) is 5.75 Å². The third-order valence-corrected chi connectivity index (χ3v) is 4.06. The minimum atomic E-state index is -0.0268. The molecule has 0 spiro atoms. The Morgan fingerprint density at radius 1 is 1.30 bits per heavy atom. The van der Waals surface area contributed by atoms with Crippen LogP contribution in [0, 0.1) is 0 Å². The van der Waals surface area contributed by atoms with Gasteiger partial charge >= 0.3 is 0 Å². The van der Waals surface area contributed by atoms with E-state index in [0.29, 0.717) is 28.5 Å². The average molecular weight is 335 g/mol. The minimum absolute atomic E-state index is 0.0268. The van der Waals surface area contributed by atoms with Crippen molar-refractivity contribution in [2.45, 2.75) is 44.8 Å². The van der Waals surface area contributed by atoms with E-state index in [1.807, 2.05) is 0 Å². The standard InChI is InChI=1S/C16H19ClN4O2/c17-11-5-7-13(8-6-11)23-10-15-19-14(20-21-15)9-16(22)18-12-3-1-2-4-12/h5-8,12H,1-4,9-10H2,(H,18,22)(H,19,20,21). The van der Waals surface area contributed by atoms with Crippen LogP contribution in [0.1, 0.15) is 37.3 Å². The number of ether oxygens (including phenoxy) is 1. The zero-order chi connectivity index (χ0) is 16.1. The number of aromatic nitrogens is 3. The number of hydrogen-bond donors (Lipinski definition) is 2. The molecular formula is C16H19ClN4O2. The average Bonchev–Trinajstić information content (AvgIpc) is 3.19. The molecular weight excluding hydrogens is 316 g/mol. The first kappa shape index (κ1) is 15.8. The molecule has 1 heterocycles. The number of nitrogens with one attached hydrogen (secondary N) is 2. The van der Waals surface area contributed by atoms with Gasteiger partial charge in [0, 0.05) is 11.1 Å². The summed E-state index contributed by atoms with van der Waals surface area (Å²) in [7, 11) is 0. The number of rotatable bonds is 6. The molecule has 23 heavy (non-hydrogen) atoms. The number of carbonyl (C=O) groups is 1. The molecule has 1 aromatic carbocycles. The summed E-state index contributed by atoms with van der Waals surface area (Å²) in [5, 5.41) is 10.5. The number of benzene rings is 1. The van der Waals surface area contributed by atoms with E-state index >= 15 is 0 Å². The summed E-state index contributed by atoms with van der Waals surface area (Å²) in [6, 6.07) is 7.41. The molecule has 3 rings (SSSR count). The molecule has 0 atom stereocenters. The Balaban J connectivity index is 1.47. The second kappa shape index (κ2) is 7.46. The number of H-pyrrole nitrogens is 1. The van der Waals surface area contributed by atoms with Crippen LogP contribution in [0.4, 0.5) is 0 Å². The molecule has 1 amide bonds. The van der Waals surface area contributed by atoms with Gasteiger partial charge in [-0.25, -0.2) is 4.98 Å². The first-order valence-corrected chi connectivity index (χ1v) is 8.15. The van der Waals surface area contributed by atoms with Gasteiger partial charge in [-0.3, -0.25) is 9.89 Å². The van der Waals surface area contributed by atoms with Crippen molar-refractivity contribution in [3.63, 3.8) is 0 Å². The Morgan fingerprint density at radius 3 is 2.78 bits per heavy atom. The first-order valence-electron chi connectivity index (χ1n) is 7.77. The largest absolute Gasteiger partial charge is 0.486 e. The first-order chi connectivity index (χ1) is 11.2. The van der Waals surface area contributed by atoms with Crippen LogP contribution < -0.4 is 10.1 Å². The molecule has 2 aromatic rings. The van der Waals surface area contributed by atoms with Crippen LogP contribution in [0.2, 0.25) is 5.02 Å². The highest BCUT2D eigenvalue weighted by Crippen LogP contribution is 2.18. The molecule has 0 unspecified atom stereocenters. The van der Waals surface area contributed by atoms with Crippen molar-refractivity contribution in [2.75, 3.05) is 0 Å². The van der Waals surface area contributed by atoms with Gasteiger partial charge in [-0.1, -0.05) is 24.4 Å². The molecule has 1 saturated carbocycles. The number of carbonyl (C=O) groups excluding carboxylic acids is 1. The summed E-state index contributed by atoms with van der Waals surface area (Å²) < 4.78 is 5.58. The molecule has 7 heteroatoms. The Labute approximate surface area is 139 Å². The third-order valence-electron chi connectivity index (χ3n) is 3.81. The number of amides is 1. The highest BCUT2D eigenvalue weighted by atomic mass is 35.5. The number of aromatic amines is 1. The number of nitrogens with zero attached hydrogens (tertiary/aromatic N) is 2. The smallest absolute Gasteiger partial charge is 0.227 e. The van der Waals surface area contributed by atoms with Crippen molar-refractivity contribution < 1.29 is 9.53 Å². The molecule has 1 aromatic heterocycles. The van der Waals surface area contributed by atoms with Gasteiger partial charge in [0.05, 0.1) is 6.42 Å². The summed E-state index contributed by atoms with van der Waals surface area (Å²) >= 11 is 5.82. The lowest BCUT2D eigenvalue weighted by Crippen LogP contribution is -2.33. The quantitative estimate of drug-likeness (QED) is 0.851. The molecule has 0 bridgehead atoms. The van der Waals surface area contributed by atoms with Crippen molar-refractivity contribution >= 4 is 17.5 Å². The molecule has 1 aliphatic rings. The lowest BCUT2D eigenvalue weighted by molar-refractivity contribution is -0.121. The van der Waals surface area contributed by atoms with Crippen molar-refractivity contribution in [2.24, 2.45) is 0 Å². The van der Waals surface area contributed by atoms with Gasteiger partial charge in [0.2, 0.25) is 5.91 Å². The highest BCUT2D eigenvalue weighted by molar-refractivity contribution is 6.30. The fourth-order valence-electron chi connectivity index (χ4n) is 2.65. The zero-order valence-electron chi connectivity index (χ0n) is 12.7. The second-order valence-electron chi connectivity index (χ2n) is 5.67. The second-order valence-corrected chi connectivity index (χ2v) is 6.10. The van der Waals surface area contributed by atoms with E-state index in [1.54, 1.807) is 24.3 Å². The van der Waals surface area contributed by atoms with E-state index in [1.165, 1.54) is 12.8 Å². The minimum Gasteiger partial charge on any atom is -0.486 e. The molecule has 122 valence electrons. The topological polar surface area (TPSA) is 79.9 Å². The summed E-state index contributed by atoms with van der Waals surface area (Å²) in [5.74, 6) is 1.74. The highest BCUT2D eigenvalue weighted by Gasteiger charge is 2.18. The van der Waals surface area contributed by atoms with Crippen molar-refractivity contribution in [3.8, 4) is 5.75 Å². The predicted octanol–water partition coefficient (Wildman–Crippen LogP) is 2.64. The van der Waals surface area contributed by atoms with Crippen LogP contribution in [0.25, 0.3) is 0 Å². The molecule has 0 aliphatic heterocycles. The van der Waals surface area contributed by atoms with Gasteiger partial charge in [0.25, 0.3) is 0 Å². The Hall–Kier alpha value is -2.08. The molecule has 0 saturated heterocycles. The Kier molecular flexibility index (Phi) is 5.12. The molecule has 2 N–H and O–H groups in total. The summed E-state index contributed by atoms with van der Waals surface area (Å²) in [6.45, 7) is 0.263. The lowest BCUT2D eigenvalue weighted by Gasteiger charge is -2.10. The van der Waals surface area contributed by atoms with E-state index in [-0.39, 0.29) is 18.9 Å². The van der Waals surface area contributed by atoms with Crippen LogP contribution in [-0.2, 0) is 17.8 Å². The molecule has 1 fully saturated rings. The fraction of sp³-hybridized carbons (Fsp3) is 0.438. The summed E-state index contributed by atoms with van der Waals surface area (Å²) in [4.78, 5) is 16.2. The van der Waals surface area contributed by atoms with Gasteiger partial charge < -0.3 is 10.1 Å². The van der Waals surface area contributed by atoms with Gasteiger partial charge in [-0.2, -0.15) is 5.10 Å². The summed E-state index contributed by atoms with van der Waals surface area (Å²) in [6.07, 6.45) is 4.71. The van der Waals surface area contributed by atoms with Crippen molar-refractivity contribution in [1.82, 2.24) is 20.5 Å². The molecule has 6 nitrogen and oxygen atoms in total. The summed E-state index contributed by atoms with van der Waals surface area (Å²) in [5.41, 5.74) is 0. The number of halogens is 1. The lowest BCUT2D eigenvalue weighted by atomic mass is 10.2. The van der Waals surface area contributed by atoms with E-state index in [2.05, 4.69) is 20.5 Å². The van der Waals surface area contributed by atoms with E-state index in [9.17, 15) is 4.79 Å². The normalized spacial score (nSPS) is 14.8. The van der Waals surface area contributed by atoms with Crippen molar-refractivity contribution in [1.29, 1.82) is 0 Å². The fourth-order valence-corrected chi connectivity index (χ4v) is 2.78. The van der Waals surface area contributed by atoms with Gasteiger partial charge in [-0.05, 0) is 37.1 Å². The maximum absolute atomic E-state index is 11.9. The number of hydrogen-bond acceptors (Lipinski definition) is 4. The van der Waals surface area contributed by atoms with Gasteiger partial charge in [0.1, 0.15) is 12.4 Å². The monoisotopic (exact) mass is 334 g/mol. The SMILES string of the molecule is O=C(Cc1n[nH]c(COc2ccc(Cl)cc2)n1)NC1CCCC1. The maximum Gasteiger partial charge on any atom is 0.227 e. The third kappa shape index (κ3) is 4.69. The molecule has 1 aliphatic carbocycles. The van der Waals surface area contributed by atoms with E-state index in [0.717, 1.165) is 12.8 Å². The Bertz CT molecular complexity index is 650. The van der Waals surface area contributed by atoms with Gasteiger partial charge in [0.15, 0.2) is 11.6 Å². The Morgan fingerprint density at radius 2 is 2.04 bits per heavy atom. The van der Waals surface area contributed by atoms with E-state index in [4.69, 9.17) is 16.3 Å². The van der Waals surface area contributed by atoms with Crippen LogP contribution in [-0.4, -0.2) is 27.1 Å². The van der Waals surface area contributed by atoms with Crippen LogP contribution in [0.15, 0.2) is 24.3 Å². The van der Waals surface area contributed by atoms with Gasteiger partial charge in [-0.15, -0.1) is 0 Å². The molecule has 0 radical (unpaired) electrons. The predicted molar refractivity (Wildman–Crippen MR) is 86.3 cm³/mol. The van der Waals surface area contributed by atoms with Crippen LogP contribution >= 0.6 is 11.6 Å². The zero-order valence-corrected chi connectivity index (χ0v) is 13.5. The van der Waals surface area contributed by atoms with Crippen molar-refractivity contribution in [3.05, 3.63) is 40.9 Å². The van der Waals surface area contributed by atoms with E-state index < -0.39 is 0 Å².